The Morgan fingerprint density at radius 3 is 2.63 bits per heavy atom. The Labute approximate surface area is 197 Å². The third kappa shape index (κ3) is 2.84. The summed E-state index contributed by atoms with van der Waals surface area (Å²) in [6.45, 7) is 3.45. The molecule has 2 N–H and O–H groups in total. The lowest BCUT2D eigenvalue weighted by Crippen LogP contribution is -2.50. The normalized spacial score (nSPS) is 21.3. The van der Waals surface area contributed by atoms with Gasteiger partial charge in [0, 0.05) is 23.5 Å². The molecule has 2 aromatic carbocycles. The molecule has 1 amide bonds. The number of hydrogen-bond acceptors (Lipinski definition) is 6. The average molecular weight is 478 g/mol. The molecule has 0 fully saturated rings. The maximum Gasteiger partial charge on any atom is 0.416 e. The second kappa shape index (κ2) is 7.50. The highest BCUT2D eigenvalue weighted by Crippen LogP contribution is 2.56. The van der Waals surface area contributed by atoms with Gasteiger partial charge < -0.3 is 15.4 Å². The quantitative estimate of drug-likeness (QED) is 0.536. The predicted octanol–water partition coefficient (Wildman–Crippen LogP) is 3.50. The minimum Gasteiger partial charge on any atom is -0.456 e. The van der Waals surface area contributed by atoms with Crippen LogP contribution in [0.5, 0.6) is 0 Å². The second-order valence-corrected chi connectivity index (χ2v) is 8.12. The summed E-state index contributed by atoms with van der Waals surface area (Å²) in [7, 11) is 0. The molecule has 0 unspecified atom stereocenters. The Hall–Kier alpha value is -4.52. The first-order valence-corrected chi connectivity index (χ1v) is 10.5. The van der Waals surface area contributed by atoms with Crippen molar-refractivity contribution < 1.29 is 27.5 Å². The van der Waals surface area contributed by atoms with Gasteiger partial charge in [0.25, 0.3) is 0 Å². The summed E-state index contributed by atoms with van der Waals surface area (Å²) >= 11 is 0. The molecule has 35 heavy (non-hydrogen) atoms. The third-order valence-electron chi connectivity index (χ3n) is 6.37. The van der Waals surface area contributed by atoms with Gasteiger partial charge in [-0.2, -0.15) is 18.4 Å². The minimum atomic E-state index is -4.63. The molecular weight excluding hydrogens is 461 g/mol. The van der Waals surface area contributed by atoms with Crippen LogP contribution in [0.2, 0.25) is 0 Å². The van der Waals surface area contributed by atoms with Crippen molar-refractivity contribution in [2.75, 3.05) is 23.0 Å². The number of nitriles is 1. The van der Waals surface area contributed by atoms with E-state index in [0.29, 0.717) is 11.3 Å². The zero-order chi connectivity index (χ0) is 25.1. The Morgan fingerprint density at radius 1 is 1.20 bits per heavy atom. The minimum absolute atomic E-state index is 0.0209. The molecule has 0 aliphatic carbocycles. The molecule has 3 aliphatic heterocycles. The van der Waals surface area contributed by atoms with E-state index in [1.54, 1.807) is 24.3 Å². The van der Waals surface area contributed by atoms with Crippen LogP contribution in [-0.4, -0.2) is 25.0 Å². The maximum absolute atomic E-state index is 14.0. The van der Waals surface area contributed by atoms with Gasteiger partial charge in [-0.1, -0.05) is 30.3 Å². The number of anilines is 2. The van der Waals surface area contributed by atoms with Crippen LogP contribution in [0.15, 0.2) is 83.9 Å². The molecular formula is C25H17F3N4O3. The number of ether oxygens (including phenoxy) is 1. The molecule has 7 nitrogen and oxygen atoms in total. The number of amides is 1. The summed E-state index contributed by atoms with van der Waals surface area (Å²) in [4.78, 5) is 29.7. The van der Waals surface area contributed by atoms with Crippen molar-refractivity contribution in [2.45, 2.75) is 11.6 Å². The molecule has 2 aromatic rings. The molecule has 1 atom stereocenters. The highest BCUT2D eigenvalue weighted by atomic mass is 19.4. The largest absolute Gasteiger partial charge is 0.456 e. The summed E-state index contributed by atoms with van der Waals surface area (Å²) in [6, 6.07) is 13.0. The first kappa shape index (κ1) is 22.3. The maximum atomic E-state index is 14.0. The van der Waals surface area contributed by atoms with Crippen molar-refractivity contribution in [1.82, 2.24) is 0 Å². The van der Waals surface area contributed by atoms with Crippen LogP contribution in [0.1, 0.15) is 11.1 Å². The number of carbonyl (C=O) groups is 2. The highest BCUT2D eigenvalue weighted by Gasteiger charge is 2.63. The van der Waals surface area contributed by atoms with Crippen molar-refractivity contribution in [1.29, 1.82) is 5.26 Å². The smallest absolute Gasteiger partial charge is 0.416 e. The second-order valence-electron chi connectivity index (χ2n) is 8.12. The van der Waals surface area contributed by atoms with E-state index in [1.807, 2.05) is 6.07 Å². The number of cyclic esters (lactones) is 1. The van der Waals surface area contributed by atoms with E-state index < -0.39 is 29.0 Å². The fourth-order valence-corrected chi connectivity index (χ4v) is 5.02. The number of rotatable bonds is 3. The van der Waals surface area contributed by atoms with Gasteiger partial charge in [-0.3, -0.25) is 9.69 Å². The number of halogens is 3. The highest BCUT2D eigenvalue weighted by molar-refractivity contribution is 6.20. The SMILES string of the molecule is C=CCN1C(=O)[C@@]2(C(C#N)=C(N)N(c3cccc(C(F)(F)F)c3)C3=C2C(=O)OC3)c2ccccc21. The van der Waals surface area contributed by atoms with Crippen LogP contribution in [0, 0.1) is 11.3 Å². The molecule has 0 bridgehead atoms. The van der Waals surface area contributed by atoms with E-state index in [-0.39, 0.29) is 41.5 Å². The number of para-hydroxylation sites is 1. The van der Waals surface area contributed by atoms with Gasteiger partial charge in [-0.25, -0.2) is 4.79 Å². The average Bonchev–Trinajstić information content (AvgIpc) is 3.32. The number of hydrogen-bond donors (Lipinski definition) is 1. The topological polar surface area (TPSA) is 99.7 Å². The van der Waals surface area contributed by atoms with Crippen molar-refractivity contribution in [3.05, 3.63) is 95.0 Å². The van der Waals surface area contributed by atoms with E-state index in [9.17, 15) is 28.0 Å². The van der Waals surface area contributed by atoms with E-state index in [2.05, 4.69) is 6.58 Å². The lowest BCUT2D eigenvalue weighted by atomic mass is 9.67. The molecule has 0 radical (unpaired) electrons. The Balaban J connectivity index is 1.83. The van der Waals surface area contributed by atoms with E-state index in [4.69, 9.17) is 10.5 Å². The van der Waals surface area contributed by atoms with Crippen LogP contribution in [-0.2, 0) is 25.9 Å². The molecule has 176 valence electrons. The molecule has 0 saturated heterocycles. The molecule has 5 rings (SSSR count). The number of alkyl halides is 3. The van der Waals surface area contributed by atoms with Gasteiger partial charge in [0.05, 0.1) is 22.4 Å². The Bertz CT molecular complexity index is 1420. The van der Waals surface area contributed by atoms with Gasteiger partial charge in [0.2, 0.25) is 5.91 Å². The number of carbonyl (C=O) groups excluding carboxylic acids is 2. The van der Waals surface area contributed by atoms with E-state index in [1.165, 1.54) is 28.0 Å². The number of nitrogens with zero attached hydrogens (tertiary/aromatic N) is 3. The molecule has 0 aromatic heterocycles. The van der Waals surface area contributed by atoms with Crippen molar-refractivity contribution in [3.63, 3.8) is 0 Å². The summed E-state index contributed by atoms with van der Waals surface area (Å²) in [5, 5.41) is 10.2. The number of fused-ring (bicyclic) bond motifs is 3. The van der Waals surface area contributed by atoms with Gasteiger partial charge in [0.15, 0.2) is 0 Å². The monoisotopic (exact) mass is 478 g/mol. The standard InChI is InChI=1S/C25H17F3N4O3/c1-2-10-31-18-9-4-3-8-16(18)24(23(31)34)17(12-29)21(30)32(19-13-35-22(33)20(19)24)15-7-5-6-14(11-15)25(26,27)28/h2-9,11H,1,10,13,30H2/t24-/m1/s1. The third-order valence-corrected chi connectivity index (χ3v) is 6.37. The van der Waals surface area contributed by atoms with Crippen LogP contribution < -0.4 is 15.5 Å². The lowest BCUT2D eigenvalue weighted by Gasteiger charge is -2.38. The number of nitrogens with two attached hydrogens (primary N) is 1. The zero-order valence-electron chi connectivity index (χ0n) is 18.1. The Kier molecular flexibility index (Phi) is 4.77. The summed E-state index contributed by atoms with van der Waals surface area (Å²) in [5.74, 6) is -1.69. The van der Waals surface area contributed by atoms with Crippen molar-refractivity contribution in [2.24, 2.45) is 5.73 Å². The van der Waals surface area contributed by atoms with Gasteiger partial charge in [-0.05, 0) is 24.3 Å². The van der Waals surface area contributed by atoms with Gasteiger partial charge in [-0.15, -0.1) is 6.58 Å². The molecule has 1 spiro atoms. The van der Waals surface area contributed by atoms with E-state index >= 15 is 0 Å². The van der Waals surface area contributed by atoms with Gasteiger partial charge >= 0.3 is 12.1 Å². The van der Waals surface area contributed by atoms with Crippen molar-refractivity contribution >= 4 is 23.3 Å². The Morgan fingerprint density at radius 2 is 1.94 bits per heavy atom. The number of esters is 1. The molecule has 3 aliphatic rings. The van der Waals surface area contributed by atoms with E-state index in [0.717, 1.165) is 12.1 Å². The van der Waals surface area contributed by atoms with Crippen LogP contribution in [0.4, 0.5) is 24.5 Å². The van der Waals surface area contributed by atoms with Gasteiger partial charge in [0.1, 0.15) is 23.9 Å². The summed E-state index contributed by atoms with van der Waals surface area (Å²) in [6.07, 6.45) is -3.12. The van der Waals surface area contributed by atoms with Crippen LogP contribution in [0.3, 0.4) is 0 Å². The summed E-state index contributed by atoms with van der Waals surface area (Å²) in [5.41, 5.74) is 4.12. The summed E-state index contributed by atoms with van der Waals surface area (Å²) < 4.78 is 45.5. The first-order chi connectivity index (χ1) is 16.7. The van der Waals surface area contributed by atoms with Crippen molar-refractivity contribution in [3.8, 4) is 6.07 Å². The molecule has 3 heterocycles. The predicted molar refractivity (Wildman–Crippen MR) is 119 cm³/mol. The lowest BCUT2D eigenvalue weighted by molar-refractivity contribution is -0.138. The fraction of sp³-hybridized carbons (Fsp3) is 0.160. The first-order valence-electron chi connectivity index (χ1n) is 10.5. The fourth-order valence-electron chi connectivity index (χ4n) is 5.02. The number of benzene rings is 2. The molecule has 10 heteroatoms. The molecule has 0 saturated carbocycles. The van der Waals surface area contributed by atoms with Crippen LogP contribution >= 0.6 is 0 Å². The zero-order valence-corrected chi connectivity index (χ0v) is 18.1. The van der Waals surface area contributed by atoms with Crippen LogP contribution in [0.25, 0.3) is 0 Å².